The molecule has 0 spiro atoms. The second kappa shape index (κ2) is 7.25. The molecule has 1 aromatic rings. The fraction of sp³-hybridized carbons (Fsp3) is 0.647. The van der Waals surface area contributed by atoms with Crippen molar-refractivity contribution in [1.29, 1.82) is 0 Å². The van der Waals surface area contributed by atoms with Crippen LogP contribution in [-0.2, 0) is 9.59 Å². The second-order valence-electron chi connectivity index (χ2n) is 6.61. The Hall–Kier alpha value is -2.02. The van der Waals surface area contributed by atoms with Crippen molar-refractivity contribution in [2.45, 2.75) is 57.7 Å². The largest absolute Gasteiger partial charge is 0.338 e. The SMILES string of the molecule is CC(=O)N1CCC[C@@H]1[C@@H]1CCCN1[C@H](C)C(=O)Nc1ncccn1. The maximum Gasteiger partial charge on any atom is 0.243 e. The molecule has 2 fully saturated rings. The molecule has 0 radical (unpaired) electrons. The van der Waals surface area contributed by atoms with Crippen LogP contribution in [0.3, 0.4) is 0 Å². The maximum absolute atomic E-state index is 12.6. The number of likely N-dealkylation sites (tertiary alicyclic amines) is 2. The first-order valence-electron chi connectivity index (χ1n) is 8.69. The van der Waals surface area contributed by atoms with Gasteiger partial charge >= 0.3 is 0 Å². The summed E-state index contributed by atoms with van der Waals surface area (Å²) in [4.78, 5) is 36.7. The van der Waals surface area contributed by atoms with E-state index in [4.69, 9.17) is 0 Å². The normalized spacial score (nSPS) is 25.7. The summed E-state index contributed by atoms with van der Waals surface area (Å²) in [7, 11) is 0. The number of carbonyl (C=O) groups excluding carboxylic acids is 2. The summed E-state index contributed by atoms with van der Waals surface area (Å²) in [5.74, 6) is 0.371. The van der Waals surface area contributed by atoms with Gasteiger partial charge in [0.25, 0.3) is 0 Å². The van der Waals surface area contributed by atoms with Crippen molar-refractivity contribution in [3.63, 3.8) is 0 Å². The predicted octanol–water partition coefficient (Wildman–Crippen LogP) is 1.28. The van der Waals surface area contributed by atoms with Crippen LogP contribution in [0.5, 0.6) is 0 Å². The fourth-order valence-electron chi connectivity index (χ4n) is 4.02. The molecule has 0 aromatic carbocycles. The molecule has 130 valence electrons. The molecule has 0 unspecified atom stereocenters. The lowest BCUT2D eigenvalue weighted by atomic mass is 10.0. The lowest BCUT2D eigenvalue weighted by molar-refractivity contribution is -0.131. The third-order valence-electron chi connectivity index (χ3n) is 5.17. The topological polar surface area (TPSA) is 78.4 Å². The standard InChI is InChI=1S/C17H25N5O2/c1-12(16(24)20-17-18-8-5-9-19-17)21-10-3-6-14(21)15-7-4-11-22(15)13(2)23/h5,8-9,12,14-15H,3-4,6-7,10-11H2,1-2H3,(H,18,19,20,24)/t12-,14+,15-/m1/s1. The van der Waals surface area contributed by atoms with Gasteiger partial charge in [-0.15, -0.1) is 0 Å². The highest BCUT2D eigenvalue weighted by atomic mass is 16.2. The van der Waals surface area contributed by atoms with Crippen molar-refractivity contribution in [3.05, 3.63) is 18.5 Å². The van der Waals surface area contributed by atoms with E-state index in [9.17, 15) is 9.59 Å². The molecule has 7 heteroatoms. The molecule has 2 saturated heterocycles. The lowest BCUT2D eigenvalue weighted by Crippen LogP contribution is -2.53. The molecule has 2 amide bonds. The molecule has 1 aromatic heterocycles. The number of nitrogens with zero attached hydrogens (tertiary/aromatic N) is 4. The van der Waals surface area contributed by atoms with Gasteiger partial charge in [0.2, 0.25) is 17.8 Å². The van der Waals surface area contributed by atoms with Gasteiger partial charge in [-0.2, -0.15) is 0 Å². The Morgan fingerprint density at radius 1 is 1.17 bits per heavy atom. The number of anilines is 1. The van der Waals surface area contributed by atoms with Crippen LogP contribution >= 0.6 is 0 Å². The van der Waals surface area contributed by atoms with Crippen molar-refractivity contribution in [2.75, 3.05) is 18.4 Å². The molecule has 24 heavy (non-hydrogen) atoms. The van der Waals surface area contributed by atoms with Crippen molar-refractivity contribution < 1.29 is 9.59 Å². The van der Waals surface area contributed by atoms with Gasteiger partial charge in [-0.25, -0.2) is 9.97 Å². The Labute approximate surface area is 142 Å². The van der Waals surface area contributed by atoms with Crippen molar-refractivity contribution in [2.24, 2.45) is 0 Å². The highest BCUT2D eigenvalue weighted by Gasteiger charge is 2.41. The Morgan fingerprint density at radius 2 is 1.83 bits per heavy atom. The van der Waals surface area contributed by atoms with Crippen LogP contribution in [0.25, 0.3) is 0 Å². The third kappa shape index (κ3) is 3.40. The summed E-state index contributed by atoms with van der Waals surface area (Å²) in [6, 6.07) is 1.93. The molecule has 3 atom stereocenters. The van der Waals surface area contributed by atoms with Crippen LogP contribution in [-0.4, -0.2) is 62.8 Å². The van der Waals surface area contributed by atoms with Crippen LogP contribution in [0.1, 0.15) is 39.5 Å². The molecule has 3 rings (SSSR count). The quantitative estimate of drug-likeness (QED) is 0.899. The number of nitrogens with one attached hydrogen (secondary N) is 1. The van der Waals surface area contributed by atoms with Gasteiger partial charge in [0.15, 0.2) is 0 Å². The number of hydrogen-bond donors (Lipinski definition) is 1. The van der Waals surface area contributed by atoms with E-state index >= 15 is 0 Å². The van der Waals surface area contributed by atoms with E-state index in [-0.39, 0.29) is 29.9 Å². The zero-order valence-electron chi connectivity index (χ0n) is 14.3. The van der Waals surface area contributed by atoms with Crippen LogP contribution in [0.15, 0.2) is 18.5 Å². The van der Waals surface area contributed by atoms with E-state index in [1.165, 1.54) is 0 Å². The average molecular weight is 331 g/mol. The lowest BCUT2D eigenvalue weighted by Gasteiger charge is -2.37. The van der Waals surface area contributed by atoms with Gasteiger partial charge < -0.3 is 4.90 Å². The van der Waals surface area contributed by atoms with Crippen LogP contribution in [0, 0.1) is 0 Å². The van der Waals surface area contributed by atoms with Crippen molar-refractivity contribution >= 4 is 17.8 Å². The molecular weight excluding hydrogens is 306 g/mol. The summed E-state index contributed by atoms with van der Waals surface area (Å²) < 4.78 is 0. The van der Waals surface area contributed by atoms with Gasteiger partial charge in [-0.3, -0.25) is 19.8 Å². The minimum absolute atomic E-state index is 0.0968. The zero-order valence-corrected chi connectivity index (χ0v) is 14.3. The number of rotatable bonds is 4. The second-order valence-corrected chi connectivity index (χ2v) is 6.61. The Kier molecular flexibility index (Phi) is 5.08. The van der Waals surface area contributed by atoms with Gasteiger partial charge in [-0.05, 0) is 45.2 Å². The summed E-state index contributed by atoms with van der Waals surface area (Å²) in [6.45, 7) is 5.28. The van der Waals surface area contributed by atoms with E-state index in [0.29, 0.717) is 5.95 Å². The van der Waals surface area contributed by atoms with Gasteiger partial charge in [0, 0.05) is 37.9 Å². The minimum atomic E-state index is -0.268. The first-order valence-corrected chi connectivity index (χ1v) is 8.69. The molecule has 2 aliphatic rings. The minimum Gasteiger partial charge on any atom is -0.338 e. The number of carbonyl (C=O) groups is 2. The molecule has 0 saturated carbocycles. The fourth-order valence-corrected chi connectivity index (χ4v) is 4.02. The molecule has 2 aliphatic heterocycles. The Balaban J connectivity index is 1.68. The summed E-state index contributed by atoms with van der Waals surface area (Å²) in [5.41, 5.74) is 0. The highest BCUT2D eigenvalue weighted by molar-refractivity contribution is 5.93. The molecule has 1 N–H and O–H groups in total. The number of aromatic nitrogens is 2. The Morgan fingerprint density at radius 3 is 2.54 bits per heavy atom. The first-order chi connectivity index (χ1) is 11.6. The van der Waals surface area contributed by atoms with E-state index in [2.05, 4.69) is 20.2 Å². The predicted molar refractivity (Wildman–Crippen MR) is 90.3 cm³/mol. The van der Waals surface area contributed by atoms with E-state index in [0.717, 1.165) is 38.8 Å². The van der Waals surface area contributed by atoms with Gasteiger partial charge in [0.05, 0.1) is 6.04 Å². The van der Waals surface area contributed by atoms with Crippen LogP contribution in [0.2, 0.25) is 0 Å². The molecule has 0 bridgehead atoms. The van der Waals surface area contributed by atoms with Crippen molar-refractivity contribution in [3.8, 4) is 0 Å². The van der Waals surface area contributed by atoms with Crippen LogP contribution < -0.4 is 5.32 Å². The maximum atomic E-state index is 12.6. The van der Waals surface area contributed by atoms with Crippen molar-refractivity contribution in [1.82, 2.24) is 19.8 Å². The van der Waals surface area contributed by atoms with Crippen LogP contribution in [0.4, 0.5) is 5.95 Å². The Bertz CT molecular complexity index is 594. The monoisotopic (exact) mass is 331 g/mol. The van der Waals surface area contributed by atoms with Gasteiger partial charge in [-0.1, -0.05) is 0 Å². The number of amides is 2. The van der Waals surface area contributed by atoms with E-state index < -0.39 is 0 Å². The van der Waals surface area contributed by atoms with Gasteiger partial charge in [0.1, 0.15) is 0 Å². The summed E-state index contributed by atoms with van der Waals surface area (Å²) in [6.07, 6.45) is 7.38. The third-order valence-corrected chi connectivity index (χ3v) is 5.17. The highest BCUT2D eigenvalue weighted by Crippen LogP contribution is 2.31. The zero-order chi connectivity index (χ0) is 17.1. The molecule has 3 heterocycles. The summed E-state index contributed by atoms with van der Waals surface area (Å²) >= 11 is 0. The van der Waals surface area contributed by atoms with E-state index in [1.807, 2.05) is 11.8 Å². The number of hydrogen-bond acceptors (Lipinski definition) is 5. The summed E-state index contributed by atoms with van der Waals surface area (Å²) in [5, 5.41) is 2.78. The molecule has 0 aliphatic carbocycles. The smallest absolute Gasteiger partial charge is 0.243 e. The first kappa shape index (κ1) is 16.8. The van der Waals surface area contributed by atoms with E-state index in [1.54, 1.807) is 25.4 Å². The average Bonchev–Trinajstić information content (AvgIpc) is 3.23. The molecule has 7 nitrogen and oxygen atoms in total. The molecular formula is C17H25N5O2.